The van der Waals surface area contributed by atoms with Crippen LogP contribution in [0.2, 0.25) is 5.02 Å². The number of benzene rings is 1. The number of carboxylic acid groups (broad SMARTS) is 1. The molecule has 1 fully saturated rings. The molecule has 0 saturated carbocycles. The van der Waals surface area contributed by atoms with Gasteiger partial charge in [-0.15, -0.1) is 0 Å². The number of aryl methyl sites for hydroxylation is 1. The molecule has 4 nitrogen and oxygen atoms in total. The topological polar surface area (TPSA) is 58.6 Å². The van der Waals surface area contributed by atoms with Gasteiger partial charge in [-0.25, -0.2) is 0 Å². The fourth-order valence-electron chi connectivity index (χ4n) is 2.90. The van der Waals surface area contributed by atoms with Gasteiger partial charge < -0.3 is 15.2 Å². The van der Waals surface area contributed by atoms with Gasteiger partial charge >= 0.3 is 5.97 Å². The maximum Gasteiger partial charge on any atom is 0.320 e. The Morgan fingerprint density at radius 1 is 1.35 bits per heavy atom. The first-order valence-corrected chi connectivity index (χ1v) is 8.89. The first kappa shape index (κ1) is 18.1. The second-order valence-corrected chi connectivity index (χ2v) is 6.60. The average Bonchev–Trinajstić information content (AvgIpc) is 2.98. The van der Waals surface area contributed by atoms with Crippen LogP contribution in [0.4, 0.5) is 0 Å². The van der Waals surface area contributed by atoms with Crippen molar-refractivity contribution >= 4 is 17.6 Å². The smallest absolute Gasteiger partial charge is 0.320 e. The van der Waals surface area contributed by atoms with Crippen molar-refractivity contribution in [2.24, 2.45) is 0 Å². The Hall–Kier alpha value is -1.26. The van der Waals surface area contributed by atoms with Gasteiger partial charge in [0.25, 0.3) is 0 Å². The van der Waals surface area contributed by atoms with E-state index in [-0.39, 0.29) is 6.10 Å². The summed E-state index contributed by atoms with van der Waals surface area (Å²) in [4.78, 5) is 10.9. The number of carbonyl (C=O) groups is 1. The van der Waals surface area contributed by atoms with Crippen LogP contribution in [0, 0.1) is 0 Å². The summed E-state index contributed by atoms with van der Waals surface area (Å²) in [6.07, 6.45) is 7.60. The number of rotatable bonds is 9. The Labute approximate surface area is 143 Å². The molecule has 1 aliphatic rings. The lowest BCUT2D eigenvalue weighted by molar-refractivity contribution is -0.139. The summed E-state index contributed by atoms with van der Waals surface area (Å²) in [6.45, 7) is 2.77. The summed E-state index contributed by atoms with van der Waals surface area (Å²) in [5, 5.41) is 12.6. The van der Waals surface area contributed by atoms with Gasteiger partial charge in [0.15, 0.2) is 0 Å². The summed E-state index contributed by atoms with van der Waals surface area (Å²) in [5.41, 5.74) is 1.16. The highest BCUT2D eigenvalue weighted by Crippen LogP contribution is 2.26. The van der Waals surface area contributed by atoms with E-state index in [1.165, 1.54) is 25.7 Å². The molecular formula is C18H26ClNO3. The minimum atomic E-state index is -0.826. The zero-order valence-corrected chi connectivity index (χ0v) is 14.4. The Balaban J connectivity index is 1.81. The molecule has 1 aliphatic heterocycles. The third kappa shape index (κ3) is 5.70. The number of hydrogen-bond donors (Lipinski definition) is 2. The van der Waals surface area contributed by atoms with Crippen molar-refractivity contribution in [2.45, 2.75) is 64.0 Å². The molecule has 1 aromatic carbocycles. The van der Waals surface area contributed by atoms with Gasteiger partial charge in [0.1, 0.15) is 17.9 Å². The van der Waals surface area contributed by atoms with Crippen molar-refractivity contribution in [2.75, 3.05) is 6.54 Å². The lowest BCUT2D eigenvalue weighted by Gasteiger charge is -2.14. The second kappa shape index (κ2) is 9.14. The summed E-state index contributed by atoms with van der Waals surface area (Å²) < 4.78 is 5.84. The number of ether oxygens (including phenoxy) is 1. The minimum Gasteiger partial charge on any atom is -0.489 e. The zero-order valence-electron chi connectivity index (χ0n) is 13.7. The highest BCUT2D eigenvalue weighted by atomic mass is 35.5. The van der Waals surface area contributed by atoms with Crippen molar-refractivity contribution in [3.05, 3.63) is 28.8 Å². The van der Waals surface area contributed by atoms with Crippen molar-refractivity contribution in [1.82, 2.24) is 5.32 Å². The van der Waals surface area contributed by atoms with Crippen LogP contribution in [-0.4, -0.2) is 29.8 Å². The first-order chi connectivity index (χ1) is 11.1. The summed E-state index contributed by atoms with van der Waals surface area (Å²) in [5.74, 6) is -0.116. The number of halogens is 1. The number of unbranched alkanes of at least 4 members (excludes halogenated alkanes) is 4. The van der Waals surface area contributed by atoms with Crippen LogP contribution in [0.1, 0.15) is 51.0 Å². The predicted octanol–water partition coefficient (Wildman–Crippen LogP) is 4.05. The fraction of sp³-hybridized carbons (Fsp3) is 0.611. The van der Waals surface area contributed by atoms with Crippen molar-refractivity contribution in [3.63, 3.8) is 0 Å². The van der Waals surface area contributed by atoms with Gasteiger partial charge in [-0.2, -0.15) is 0 Å². The fourth-order valence-corrected chi connectivity index (χ4v) is 3.16. The molecular weight excluding hydrogens is 314 g/mol. The van der Waals surface area contributed by atoms with Gasteiger partial charge in [0, 0.05) is 18.0 Å². The van der Waals surface area contributed by atoms with Crippen molar-refractivity contribution < 1.29 is 14.6 Å². The third-order valence-electron chi connectivity index (χ3n) is 4.27. The van der Waals surface area contributed by atoms with Crippen LogP contribution >= 0.6 is 11.6 Å². The monoisotopic (exact) mass is 339 g/mol. The van der Waals surface area contributed by atoms with E-state index >= 15 is 0 Å². The number of carboxylic acids is 1. The molecule has 2 N–H and O–H groups in total. The quantitative estimate of drug-likeness (QED) is 0.666. The van der Waals surface area contributed by atoms with Crippen LogP contribution in [0.3, 0.4) is 0 Å². The third-order valence-corrected chi connectivity index (χ3v) is 4.62. The van der Waals surface area contributed by atoms with E-state index in [1.54, 1.807) is 0 Å². The second-order valence-electron chi connectivity index (χ2n) is 6.19. The van der Waals surface area contributed by atoms with E-state index in [0.29, 0.717) is 18.7 Å². The molecule has 1 heterocycles. The number of aliphatic carboxylic acids is 1. The highest BCUT2D eigenvalue weighted by Gasteiger charge is 2.30. The maximum atomic E-state index is 10.9. The van der Waals surface area contributed by atoms with Crippen molar-refractivity contribution in [3.8, 4) is 5.75 Å². The van der Waals surface area contributed by atoms with Crippen LogP contribution < -0.4 is 10.1 Å². The lowest BCUT2D eigenvalue weighted by Crippen LogP contribution is -2.30. The van der Waals surface area contributed by atoms with Crippen molar-refractivity contribution in [1.29, 1.82) is 0 Å². The van der Waals surface area contributed by atoms with E-state index < -0.39 is 12.0 Å². The number of nitrogens with one attached hydrogen (secondary N) is 1. The molecule has 0 radical (unpaired) electrons. The molecule has 128 valence electrons. The molecule has 0 spiro atoms. The molecule has 0 bridgehead atoms. The molecule has 2 atom stereocenters. The first-order valence-electron chi connectivity index (χ1n) is 8.51. The Bertz CT molecular complexity index is 521. The molecule has 0 aliphatic carbocycles. The van der Waals surface area contributed by atoms with E-state index in [1.807, 2.05) is 18.2 Å². The predicted molar refractivity (Wildman–Crippen MR) is 92.4 cm³/mol. The van der Waals surface area contributed by atoms with Gasteiger partial charge in [-0.3, -0.25) is 4.79 Å². The normalized spacial score (nSPS) is 20.6. The lowest BCUT2D eigenvalue weighted by atomic mass is 10.1. The maximum absolute atomic E-state index is 10.9. The Morgan fingerprint density at radius 2 is 2.13 bits per heavy atom. The molecule has 0 aromatic heterocycles. The highest BCUT2D eigenvalue weighted by molar-refractivity contribution is 6.31. The molecule has 1 aromatic rings. The zero-order chi connectivity index (χ0) is 16.7. The molecule has 0 amide bonds. The molecule has 2 rings (SSSR count). The summed E-state index contributed by atoms with van der Waals surface area (Å²) in [7, 11) is 0. The Kier molecular flexibility index (Phi) is 7.18. The summed E-state index contributed by atoms with van der Waals surface area (Å²) >= 11 is 6.34. The van der Waals surface area contributed by atoms with Crippen LogP contribution in [-0.2, 0) is 11.2 Å². The van der Waals surface area contributed by atoms with E-state index in [9.17, 15) is 4.79 Å². The van der Waals surface area contributed by atoms with Gasteiger partial charge in [-0.05, 0) is 30.5 Å². The summed E-state index contributed by atoms with van der Waals surface area (Å²) in [6, 6.07) is 5.28. The molecule has 23 heavy (non-hydrogen) atoms. The van der Waals surface area contributed by atoms with Gasteiger partial charge in [0.05, 0.1) is 0 Å². The molecule has 0 unspecified atom stereocenters. The SMILES string of the molecule is CCCCCCCc1ccc(O[C@H]2CN[C@@H](C(=O)O)C2)cc1Cl. The van der Waals surface area contributed by atoms with Crippen LogP contribution in [0.25, 0.3) is 0 Å². The van der Waals surface area contributed by atoms with E-state index in [0.717, 1.165) is 23.4 Å². The van der Waals surface area contributed by atoms with Gasteiger partial charge in [0.2, 0.25) is 0 Å². The molecule has 1 saturated heterocycles. The molecule has 5 heteroatoms. The van der Waals surface area contributed by atoms with Crippen LogP contribution in [0.5, 0.6) is 5.75 Å². The van der Waals surface area contributed by atoms with E-state index in [2.05, 4.69) is 12.2 Å². The van der Waals surface area contributed by atoms with E-state index in [4.69, 9.17) is 21.4 Å². The largest absolute Gasteiger partial charge is 0.489 e. The van der Waals surface area contributed by atoms with Gasteiger partial charge in [-0.1, -0.05) is 50.3 Å². The standard InChI is InChI=1S/C18H26ClNO3/c1-2-3-4-5-6-7-13-8-9-14(10-16(13)19)23-15-11-17(18(21)22)20-12-15/h8-10,15,17,20H,2-7,11-12H2,1H3,(H,21,22)/t15-,17-/m1/s1. The van der Waals surface area contributed by atoms with Crippen LogP contribution in [0.15, 0.2) is 18.2 Å². The Morgan fingerprint density at radius 3 is 2.78 bits per heavy atom. The average molecular weight is 340 g/mol. The number of hydrogen-bond acceptors (Lipinski definition) is 3. The minimum absolute atomic E-state index is 0.118.